The van der Waals surface area contributed by atoms with E-state index in [-0.39, 0.29) is 18.0 Å². The van der Waals surface area contributed by atoms with Gasteiger partial charge in [-0.2, -0.15) is 0 Å². The van der Waals surface area contributed by atoms with Crippen molar-refractivity contribution in [2.45, 2.75) is 58.8 Å². The number of carbonyl (C=O) groups is 2. The van der Waals surface area contributed by atoms with Gasteiger partial charge in [-0.1, -0.05) is 74.5 Å². The van der Waals surface area contributed by atoms with Gasteiger partial charge in [-0.05, 0) is 77.8 Å². The molecule has 0 bridgehead atoms. The third-order valence-corrected chi connectivity index (χ3v) is 9.73. The Morgan fingerprint density at radius 1 is 0.773 bits per heavy atom. The van der Waals surface area contributed by atoms with Crippen LogP contribution in [0.3, 0.4) is 0 Å². The molecule has 4 aromatic carbocycles. The summed E-state index contributed by atoms with van der Waals surface area (Å²) in [5.74, 6) is 0.0400. The number of aryl methyl sites for hydroxylation is 2. The maximum atomic E-state index is 13.5. The first-order chi connectivity index (χ1) is 21.0. The third kappa shape index (κ3) is 5.95. The number of rotatable bonds is 9. The Kier molecular flexibility index (Phi) is 7.95. The highest BCUT2D eigenvalue weighted by molar-refractivity contribution is 7.57. The minimum atomic E-state index is -3.15. The summed E-state index contributed by atoms with van der Waals surface area (Å²) in [6.45, 7) is 9.94. The van der Waals surface area contributed by atoms with Gasteiger partial charge in [0.15, 0.2) is 0 Å². The van der Waals surface area contributed by atoms with Gasteiger partial charge in [0.25, 0.3) is 6.29 Å². The summed E-state index contributed by atoms with van der Waals surface area (Å²) < 4.78 is 36.6. The minimum absolute atomic E-state index is 0.187. The van der Waals surface area contributed by atoms with Gasteiger partial charge in [0.05, 0.1) is 11.1 Å². The van der Waals surface area contributed by atoms with Gasteiger partial charge in [-0.15, -0.1) is 0 Å². The molecule has 0 radical (unpaired) electrons. The van der Waals surface area contributed by atoms with Crippen molar-refractivity contribution in [2.24, 2.45) is 0 Å². The smallest absolute Gasteiger partial charge is 0.342 e. The number of hydrogen-bond acceptors (Lipinski definition) is 7. The lowest BCUT2D eigenvalue weighted by atomic mass is 9.92. The van der Waals surface area contributed by atoms with Crippen LogP contribution < -0.4 is 4.74 Å². The van der Waals surface area contributed by atoms with Gasteiger partial charge in [0, 0.05) is 24.0 Å². The SMILES string of the molecule is Cc1cc(CP(C)(=O)O[C@H]2OC(=O)c3ccccc32)cc(C)c1Cc1ccc(OC2OC(=O)c3ccccc32)c(C(C)C)c1. The predicted octanol–water partition coefficient (Wildman–Crippen LogP) is 8.56. The van der Waals surface area contributed by atoms with Gasteiger partial charge in [0.2, 0.25) is 13.7 Å². The fourth-order valence-corrected chi connectivity index (χ4v) is 7.48. The summed E-state index contributed by atoms with van der Waals surface area (Å²) in [5.41, 5.74) is 8.79. The molecule has 0 saturated carbocycles. The molecule has 4 aromatic rings. The first-order valence-corrected chi connectivity index (χ1v) is 17.0. The van der Waals surface area contributed by atoms with Crippen LogP contribution >= 0.6 is 7.37 Å². The molecule has 0 N–H and O–H groups in total. The van der Waals surface area contributed by atoms with Crippen molar-refractivity contribution in [3.63, 3.8) is 0 Å². The largest absolute Gasteiger partial charge is 0.450 e. The van der Waals surface area contributed by atoms with Crippen LogP contribution in [0.4, 0.5) is 0 Å². The van der Waals surface area contributed by atoms with Gasteiger partial charge >= 0.3 is 11.9 Å². The Morgan fingerprint density at radius 2 is 1.34 bits per heavy atom. The van der Waals surface area contributed by atoms with Gasteiger partial charge in [-0.25, -0.2) is 9.59 Å². The molecule has 0 aromatic heterocycles. The van der Waals surface area contributed by atoms with E-state index in [9.17, 15) is 14.2 Å². The quantitative estimate of drug-likeness (QED) is 0.139. The lowest BCUT2D eigenvalue weighted by molar-refractivity contribution is -0.0390. The van der Waals surface area contributed by atoms with Gasteiger partial charge < -0.3 is 14.2 Å². The number of ether oxygens (including phenoxy) is 3. The summed E-state index contributed by atoms with van der Waals surface area (Å²) in [6.07, 6.45) is -0.792. The molecule has 226 valence electrons. The summed E-state index contributed by atoms with van der Waals surface area (Å²) >= 11 is 0. The number of cyclic esters (lactones) is 2. The number of carbonyl (C=O) groups excluding carboxylic acids is 2. The second-order valence-electron chi connectivity index (χ2n) is 12.0. The van der Waals surface area contributed by atoms with Crippen molar-refractivity contribution < 1.29 is 32.9 Å². The topological polar surface area (TPSA) is 88.1 Å². The molecule has 2 unspecified atom stereocenters. The van der Waals surface area contributed by atoms with Crippen LogP contribution in [-0.2, 0) is 31.1 Å². The molecular formula is C36H35O7P. The van der Waals surface area contributed by atoms with E-state index in [0.29, 0.717) is 28.9 Å². The van der Waals surface area contributed by atoms with Crippen LogP contribution in [0.25, 0.3) is 0 Å². The molecule has 7 nitrogen and oxygen atoms in total. The molecule has 2 heterocycles. The molecule has 2 aliphatic heterocycles. The molecule has 0 fully saturated rings. The Bertz CT molecular complexity index is 1800. The molecule has 0 spiro atoms. The number of hydrogen-bond donors (Lipinski definition) is 0. The van der Waals surface area contributed by atoms with E-state index in [1.807, 2.05) is 30.3 Å². The lowest BCUT2D eigenvalue weighted by Crippen LogP contribution is -2.09. The summed E-state index contributed by atoms with van der Waals surface area (Å²) in [5, 5.41) is 0. The highest BCUT2D eigenvalue weighted by atomic mass is 31.2. The molecule has 44 heavy (non-hydrogen) atoms. The van der Waals surface area contributed by atoms with E-state index in [0.717, 1.165) is 33.4 Å². The third-order valence-electron chi connectivity index (χ3n) is 8.15. The zero-order valence-electron chi connectivity index (χ0n) is 25.5. The second kappa shape index (κ2) is 11.7. The van der Waals surface area contributed by atoms with Crippen LogP contribution in [0.2, 0.25) is 0 Å². The second-order valence-corrected chi connectivity index (χ2v) is 14.5. The number of esters is 2. The fraction of sp³-hybridized carbons (Fsp3) is 0.278. The lowest BCUT2D eigenvalue weighted by Gasteiger charge is -2.21. The Hall–Kier alpha value is -4.19. The van der Waals surface area contributed by atoms with Crippen molar-refractivity contribution in [1.82, 2.24) is 0 Å². The zero-order chi connectivity index (χ0) is 31.2. The summed E-state index contributed by atoms with van der Waals surface area (Å²) in [6, 6.07) is 24.6. The van der Waals surface area contributed by atoms with E-state index in [1.165, 1.54) is 5.56 Å². The predicted molar refractivity (Wildman–Crippen MR) is 167 cm³/mol. The monoisotopic (exact) mass is 610 g/mol. The van der Waals surface area contributed by atoms with Gasteiger partial charge in [0.1, 0.15) is 5.75 Å². The molecule has 3 atom stereocenters. The van der Waals surface area contributed by atoms with Crippen molar-refractivity contribution in [3.05, 3.63) is 134 Å². The van der Waals surface area contributed by atoms with Crippen LogP contribution in [0, 0.1) is 13.8 Å². The van der Waals surface area contributed by atoms with Crippen LogP contribution in [0.1, 0.15) is 97.6 Å². The standard InChI is InChI=1S/C36H35O7P/c1-21(2)30-18-24(14-15-32(30)40-35-28-12-8-6-10-26(28)33(37)41-35)19-31-22(3)16-25(17-23(31)4)20-44(5,39)43-36-29-13-9-7-11-27(29)34(38)42-36/h6-18,21,35-36H,19-20H2,1-5H3/t35?,36-,44?/m1/s1. The average molecular weight is 611 g/mol. The van der Waals surface area contributed by atoms with E-state index in [2.05, 4.69) is 45.9 Å². The molecule has 0 aliphatic carbocycles. The highest BCUT2D eigenvalue weighted by Gasteiger charge is 2.36. The Labute approximate surface area is 257 Å². The Morgan fingerprint density at radius 3 is 1.95 bits per heavy atom. The first-order valence-electron chi connectivity index (χ1n) is 14.7. The molecular weight excluding hydrogens is 575 g/mol. The summed E-state index contributed by atoms with van der Waals surface area (Å²) in [7, 11) is -3.15. The minimum Gasteiger partial charge on any atom is -0.450 e. The Balaban J connectivity index is 1.18. The molecule has 2 aliphatic rings. The van der Waals surface area contributed by atoms with E-state index in [4.69, 9.17) is 18.7 Å². The number of benzene rings is 4. The molecule has 0 amide bonds. The van der Waals surface area contributed by atoms with E-state index >= 15 is 0 Å². The molecule has 0 saturated heterocycles. The van der Waals surface area contributed by atoms with E-state index in [1.54, 1.807) is 37.0 Å². The molecule has 8 heteroatoms. The van der Waals surface area contributed by atoms with Crippen molar-refractivity contribution in [1.29, 1.82) is 0 Å². The first kappa shape index (κ1) is 29.9. The number of fused-ring (bicyclic) bond motifs is 2. The van der Waals surface area contributed by atoms with Crippen LogP contribution in [0.5, 0.6) is 5.75 Å². The maximum absolute atomic E-state index is 13.5. The van der Waals surface area contributed by atoms with Crippen molar-refractivity contribution >= 4 is 19.3 Å². The van der Waals surface area contributed by atoms with Crippen molar-refractivity contribution in [2.75, 3.05) is 6.66 Å². The zero-order valence-corrected chi connectivity index (χ0v) is 26.4. The highest BCUT2D eigenvalue weighted by Crippen LogP contribution is 2.52. The van der Waals surface area contributed by atoms with E-state index < -0.39 is 25.9 Å². The fourth-order valence-electron chi connectivity index (χ4n) is 6.00. The normalized spacial score (nSPS) is 18.4. The van der Waals surface area contributed by atoms with Crippen LogP contribution in [0.15, 0.2) is 78.9 Å². The van der Waals surface area contributed by atoms with Gasteiger partial charge in [-0.3, -0.25) is 9.09 Å². The molecule has 6 rings (SSSR count). The maximum Gasteiger partial charge on any atom is 0.342 e. The van der Waals surface area contributed by atoms with Crippen LogP contribution in [-0.4, -0.2) is 18.6 Å². The average Bonchev–Trinajstić information content (AvgIpc) is 3.46. The summed E-state index contributed by atoms with van der Waals surface area (Å²) in [4.78, 5) is 24.5. The van der Waals surface area contributed by atoms with Crippen molar-refractivity contribution in [3.8, 4) is 5.75 Å².